The molecule has 1 aliphatic rings. The molecule has 1 saturated heterocycles. The van der Waals surface area contributed by atoms with Gasteiger partial charge in [-0.25, -0.2) is 0 Å². The van der Waals surface area contributed by atoms with Crippen molar-refractivity contribution in [2.75, 3.05) is 39.9 Å². The van der Waals surface area contributed by atoms with Gasteiger partial charge in [-0.3, -0.25) is 9.59 Å². The Morgan fingerprint density at radius 1 is 0.893 bits per heavy atom. The van der Waals surface area contributed by atoms with Crippen LogP contribution in [0.5, 0.6) is 11.5 Å². The summed E-state index contributed by atoms with van der Waals surface area (Å²) in [7, 11) is 1.58. The van der Waals surface area contributed by atoms with Crippen molar-refractivity contribution in [2.24, 2.45) is 0 Å². The molecule has 0 aliphatic carbocycles. The molecule has 2 amide bonds. The molecule has 0 saturated carbocycles. The maximum absolute atomic E-state index is 12.8. The third-order valence-electron chi connectivity index (χ3n) is 4.78. The van der Waals surface area contributed by atoms with Crippen LogP contribution in [0.2, 0.25) is 0 Å². The monoisotopic (exact) mass is 382 g/mol. The molecule has 6 nitrogen and oxygen atoms in total. The number of amides is 2. The molecule has 0 N–H and O–H groups in total. The van der Waals surface area contributed by atoms with Gasteiger partial charge in [0.15, 0.2) is 0 Å². The van der Waals surface area contributed by atoms with E-state index in [-0.39, 0.29) is 11.8 Å². The molecule has 2 aromatic rings. The Morgan fingerprint density at radius 3 is 2.39 bits per heavy atom. The molecule has 0 spiro atoms. The van der Waals surface area contributed by atoms with Crippen LogP contribution < -0.4 is 9.47 Å². The molecule has 0 bridgehead atoms. The first-order valence-corrected chi connectivity index (χ1v) is 9.56. The zero-order chi connectivity index (χ0) is 19.8. The number of hydrogen-bond donors (Lipinski definition) is 0. The van der Waals surface area contributed by atoms with Gasteiger partial charge in [0.1, 0.15) is 11.5 Å². The molecular weight excluding hydrogens is 356 g/mol. The molecule has 0 unspecified atom stereocenters. The zero-order valence-electron chi connectivity index (χ0n) is 16.2. The first-order valence-electron chi connectivity index (χ1n) is 9.56. The van der Waals surface area contributed by atoms with E-state index in [2.05, 4.69) is 0 Å². The van der Waals surface area contributed by atoms with E-state index in [0.29, 0.717) is 50.5 Å². The lowest BCUT2D eigenvalue weighted by Gasteiger charge is -2.22. The minimum Gasteiger partial charge on any atom is -0.497 e. The van der Waals surface area contributed by atoms with Gasteiger partial charge in [-0.15, -0.1) is 0 Å². The highest BCUT2D eigenvalue weighted by atomic mass is 16.5. The summed E-state index contributed by atoms with van der Waals surface area (Å²) in [6.07, 6.45) is 1.10. The average Bonchev–Trinajstić information content (AvgIpc) is 3.00. The molecule has 0 aromatic heterocycles. The maximum Gasteiger partial charge on any atom is 0.254 e. The van der Waals surface area contributed by atoms with Gasteiger partial charge in [0, 0.05) is 31.7 Å². The van der Waals surface area contributed by atoms with E-state index in [1.807, 2.05) is 52.3 Å². The molecular formula is C22H26N2O4. The van der Waals surface area contributed by atoms with Crippen molar-refractivity contribution in [3.05, 3.63) is 60.2 Å². The van der Waals surface area contributed by atoms with Crippen molar-refractivity contribution in [3.8, 4) is 11.5 Å². The molecule has 6 heteroatoms. The Morgan fingerprint density at radius 2 is 1.61 bits per heavy atom. The van der Waals surface area contributed by atoms with Crippen LogP contribution in [0.4, 0.5) is 0 Å². The van der Waals surface area contributed by atoms with Crippen LogP contribution in [0.15, 0.2) is 54.6 Å². The van der Waals surface area contributed by atoms with Crippen molar-refractivity contribution in [3.63, 3.8) is 0 Å². The van der Waals surface area contributed by atoms with Crippen LogP contribution in [-0.2, 0) is 4.79 Å². The summed E-state index contributed by atoms with van der Waals surface area (Å²) in [5, 5.41) is 0. The lowest BCUT2D eigenvalue weighted by molar-refractivity contribution is -0.131. The van der Waals surface area contributed by atoms with Gasteiger partial charge < -0.3 is 19.3 Å². The Kier molecular flexibility index (Phi) is 6.89. The summed E-state index contributed by atoms with van der Waals surface area (Å²) in [5.74, 6) is 1.46. The van der Waals surface area contributed by atoms with Crippen molar-refractivity contribution in [2.45, 2.75) is 12.8 Å². The van der Waals surface area contributed by atoms with Crippen LogP contribution in [-0.4, -0.2) is 61.5 Å². The molecule has 1 heterocycles. The third kappa shape index (κ3) is 5.25. The number of para-hydroxylation sites is 1. The lowest BCUT2D eigenvalue weighted by Crippen LogP contribution is -2.37. The summed E-state index contributed by atoms with van der Waals surface area (Å²) in [6.45, 7) is 2.72. The summed E-state index contributed by atoms with van der Waals surface area (Å²) < 4.78 is 10.8. The highest BCUT2D eigenvalue weighted by molar-refractivity contribution is 5.94. The number of benzene rings is 2. The van der Waals surface area contributed by atoms with Gasteiger partial charge >= 0.3 is 0 Å². The smallest absolute Gasteiger partial charge is 0.254 e. The van der Waals surface area contributed by atoms with Crippen LogP contribution >= 0.6 is 0 Å². The Bertz CT molecular complexity index is 794. The minimum absolute atomic E-state index is 0.0272. The van der Waals surface area contributed by atoms with Gasteiger partial charge in [-0.1, -0.05) is 24.3 Å². The number of carbonyl (C=O) groups excluding carboxylic acids is 2. The normalized spacial score (nSPS) is 14.3. The van der Waals surface area contributed by atoms with Crippen LogP contribution in [0.1, 0.15) is 23.2 Å². The molecule has 1 fully saturated rings. The minimum atomic E-state index is -0.0272. The molecule has 28 heavy (non-hydrogen) atoms. The second kappa shape index (κ2) is 9.78. The van der Waals surface area contributed by atoms with Gasteiger partial charge in [0.2, 0.25) is 5.91 Å². The Labute approximate surface area is 165 Å². The predicted octanol–water partition coefficient (Wildman–Crippen LogP) is 2.84. The van der Waals surface area contributed by atoms with E-state index < -0.39 is 0 Å². The molecule has 0 atom stereocenters. The second-order valence-corrected chi connectivity index (χ2v) is 6.67. The van der Waals surface area contributed by atoms with Crippen LogP contribution in [0, 0.1) is 0 Å². The fourth-order valence-corrected chi connectivity index (χ4v) is 3.24. The van der Waals surface area contributed by atoms with E-state index in [9.17, 15) is 9.59 Å². The number of rotatable bonds is 6. The van der Waals surface area contributed by atoms with Crippen molar-refractivity contribution in [1.29, 1.82) is 0 Å². The first kappa shape index (κ1) is 19.7. The lowest BCUT2D eigenvalue weighted by atomic mass is 10.2. The van der Waals surface area contributed by atoms with Gasteiger partial charge in [-0.2, -0.15) is 0 Å². The van der Waals surface area contributed by atoms with Crippen molar-refractivity contribution < 1.29 is 19.1 Å². The van der Waals surface area contributed by atoms with Gasteiger partial charge in [0.25, 0.3) is 5.91 Å². The maximum atomic E-state index is 12.8. The predicted molar refractivity (Wildman–Crippen MR) is 107 cm³/mol. The quantitative estimate of drug-likeness (QED) is 0.771. The van der Waals surface area contributed by atoms with E-state index >= 15 is 0 Å². The summed E-state index contributed by atoms with van der Waals surface area (Å²) in [4.78, 5) is 28.9. The Balaban J connectivity index is 1.49. The largest absolute Gasteiger partial charge is 0.497 e. The highest BCUT2D eigenvalue weighted by Crippen LogP contribution is 2.16. The number of nitrogens with zero attached hydrogens (tertiary/aromatic N) is 2. The fraction of sp³-hybridized carbons (Fsp3) is 0.364. The van der Waals surface area contributed by atoms with E-state index in [0.717, 1.165) is 12.2 Å². The number of carbonyl (C=O) groups is 2. The van der Waals surface area contributed by atoms with Crippen LogP contribution in [0.3, 0.4) is 0 Å². The van der Waals surface area contributed by atoms with Gasteiger partial charge in [0.05, 0.1) is 20.1 Å². The summed E-state index contributed by atoms with van der Waals surface area (Å²) >= 11 is 0. The molecule has 0 radical (unpaired) electrons. The Hall–Kier alpha value is -3.02. The van der Waals surface area contributed by atoms with Crippen LogP contribution in [0.25, 0.3) is 0 Å². The van der Waals surface area contributed by atoms with E-state index in [1.54, 1.807) is 19.2 Å². The highest BCUT2D eigenvalue weighted by Gasteiger charge is 2.23. The number of methoxy groups -OCH3 is 1. The number of ether oxygens (including phenoxy) is 2. The molecule has 1 aliphatic heterocycles. The third-order valence-corrected chi connectivity index (χ3v) is 4.78. The standard InChI is InChI=1S/C22H26N2O4/c1-27-20-10-5-7-18(17-20)22(26)24-13-6-12-23(14-15-24)21(25)11-16-28-19-8-3-2-4-9-19/h2-5,7-10,17H,6,11-16H2,1H3. The molecule has 3 rings (SSSR count). The summed E-state index contributed by atoms with van der Waals surface area (Å²) in [5.41, 5.74) is 0.607. The van der Waals surface area contributed by atoms with Crippen molar-refractivity contribution in [1.82, 2.24) is 9.80 Å². The zero-order valence-corrected chi connectivity index (χ0v) is 16.2. The topological polar surface area (TPSA) is 59.1 Å². The second-order valence-electron chi connectivity index (χ2n) is 6.67. The van der Waals surface area contributed by atoms with E-state index in [1.165, 1.54) is 0 Å². The first-order chi connectivity index (χ1) is 13.7. The van der Waals surface area contributed by atoms with Gasteiger partial charge in [-0.05, 0) is 36.8 Å². The average molecular weight is 382 g/mol. The fourth-order valence-electron chi connectivity index (χ4n) is 3.24. The molecule has 148 valence electrons. The van der Waals surface area contributed by atoms with Crippen molar-refractivity contribution >= 4 is 11.8 Å². The SMILES string of the molecule is COc1cccc(C(=O)N2CCCN(C(=O)CCOc3ccccc3)CC2)c1. The summed E-state index contributed by atoms with van der Waals surface area (Å²) in [6, 6.07) is 16.6. The van der Waals surface area contributed by atoms with E-state index in [4.69, 9.17) is 9.47 Å². The molecule has 2 aromatic carbocycles. The number of hydrogen-bond acceptors (Lipinski definition) is 4.